The van der Waals surface area contributed by atoms with Crippen molar-refractivity contribution in [3.05, 3.63) is 29.8 Å². The molecule has 0 aromatic heterocycles. The average Bonchev–Trinajstić information content (AvgIpc) is 2.81. The van der Waals surface area contributed by atoms with E-state index in [4.69, 9.17) is 14.0 Å². The maximum absolute atomic E-state index is 12.6. The molecule has 6 heteroatoms. The van der Waals surface area contributed by atoms with Crippen molar-refractivity contribution in [2.24, 2.45) is 0 Å². The van der Waals surface area contributed by atoms with Gasteiger partial charge >= 0.3 is 13.1 Å². The lowest BCUT2D eigenvalue weighted by molar-refractivity contribution is -0.161. The zero-order valence-corrected chi connectivity index (χ0v) is 19.8. The number of hydrogen-bond donors (Lipinski definition) is 1. The van der Waals surface area contributed by atoms with Gasteiger partial charge in [0.1, 0.15) is 5.60 Å². The minimum Gasteiger partial charge on any atom is -0.460 e. The Balaban J connectivity index is 1.80. The molecule has 0 amide bonds. The first-order valence-electron chi connectivity index (χ1n) is 11.0. The van der Waals surface area contributed by atoms with E-state index in [9.17, 15) is 9.90 Å². The van der Waals surface area contributed by atoms with Crippen molar-refractivity contribution in [1.29, 1.82) is 0 Å². The summed E-state index contributed by atoms with van der Waals surface area (Å²) in [5.41, 5.74) is -0.410. The molecule has 2 fully saturated rings. The Hall–Kier alpha value is -1.37. The smallest absolute Gasteiger partial charge is 0.460 e. The molecule has 1 aromatic rings. The van der Waals surface area contributed by atoms with Gasteiger partial charge in [0.15, 0.2) is 0 Å². The second kappa shape index (κ2) is 7.35. The zero-order valence-electron chi connectivity index (χ0n) is 19.8. The first-order chi connectivity index (χ1) is 13.6. The van der Waals surface area contributed by atoms with E-state index in [1.165, 1.54) is 0 Å². The monoisotopic (exact) mass is 416 g/mol. The van der Waals surface area contributed by atoms with Crippen molar-refractivity contribution in [2.45, 2.75) is 109 Å². The predicted octanol–water partition coefficient (Wildman–Crippen LogP) is 3.89. The highest BCUT2D eigenvalue weighted by Crippen LogP contribution is 2.52. The van der Waals surface area contributed by atoms with Crippen LogP contribution in [0.4, 0.5) is 0 Å². The summed E-state index contributed by atoms with van der Waals surface area (Å²) in [5, 5.41) is 10.4. The highest BCUT2D eigenvalue weighted by atomic mass is 16.7. The van der Waals surface area contributed by atoms with Crippen molar-refractivity contribution >= 4 is 18.6 Å². The van der Waals surface area contributed by atoms with E-state index >= 15 is 0 Å². The van der Waals surface area contributed by atoms with E-state index in [1.807, 2.05) is 52.0 Å². The molecule has 30 heavy (non-hydrogen) atoms. The van der Waals surface area contributed by atoms with Gasteiger partial charge in [-0.1, -0.05) is 31.2 Å². The number of carbonyl (C=O) groups excluding carboxylic acids is 1. The molecular weight excluding hydrogens is 379 g/mol. The van der Waals surface area contributed by atoms with Crippen LogP contribution in [0.2, 0.25) is 0 Å². The van der Waals surface area contributed by atoms with Crippen molar-refractivity contribution < 1.29 is 23.9 Å². The Morgan fingerprint density at radius 3 is 2.10 bits per heavy atom. The van der Waals surface area contributed by atoms with Crippen LogP contribution in [-0.2, 0) is 24.3 Å². The quantitative estimate of drug-likeness (QED) is 0.583. The van der Waals surface area contributed by atoms with Gasteiger partial charge in [-0.3, -0.25) is 4.79 Å². The number of carbonyl (C=O) groups is 1. The molecule has 5 nitrogen and oxygen atoms in total. The number of esters is 1. The van der Waals surface area contributed by atoms with Crippen LogP contribution in [0.3, 0.4) is 0 Å². The first-order valence-corrected chi connectivity index (χ1v) is 11.0. The SMILES string of the molecule is CCC1(C)OB(c2ccc(C3(CC(=O)OC(C)(C)C)CC(C)(O)C3)cc2)OC1(C)C. The van der Waals surface area contributed by atoms with Crippen LogP contribution < -0.4 is 5.46 Å². The predicted molar refractivity (Wildman–Crippen MR) is 119 cm³/mol. The Labute approximate surface area is 181 Å². The fraction of sp³-hybridized carbons (Fsp3) is 0.708. The lowest BCUT2D eigenvalue weighted by Gasteiger charge is -2.52. The topological polar surface area (TPSA) is 65.0 Å². The van der Waals surface area contributed by atoms with Gasteiger partial charge in [-0.2, -0.15) is 0 Å². The van der Waals surface area contributed by atoms with Crippen LogP contribution >= 0.6 is 0 Å². The standard InChI is InChI=1S/C24H37BO5/c1-9-23(8)21(5,6)29-25(30-23)18-12-10-17(11-13-18)24(15-22(7,27)16-24)14-19(26)28-20(2,3)4/h10-13,27H,9,14-16H2,1-8H3. The summed E-state index contributed by atoms with van der Waals surface area (Å²) in [6, 6.07) is 8.11. The van der Waals surface area contributed by atoms with Crippen LogP contribution in [-0.4, -0.2) is 40.6 Å². The van der Waals surface area contributed by atoms with Gasteiger partial charge in [0.2, 0.25) is 0 Å². The summed E-state index contributed by atoms with van der Waals surface area (Å²) in [4.78, 5) is 12.6. The number of ether oxygens (including phenoxy) is 1. The maximum atomic E-state index is 12.6. The first kappa shape index (κ1) is 23.3. The Kier molecular flexibility index (Phi) is 5.71. The summed E-state index contributed by atoms with van der Waals surface area (Å²) >= 11 is 0. The Morgan fingerprint density at radius 1 is 1.10 bits per heavy atom. The summed E-state index contributed by atoms with van der Waals surface area (Å²) in [7, 11) is -0.412. The van der Waals surface area contributed by atoms with Gasteiger partial charge in [-0.25, -0.2) is 0 Å². The van der Waals surface area contributed by atoms with Gasteiger partial charge in [0.25, 0.3) is 0 Å². The lowest BCUT2D eigenvalue weighted by Crippen LogP contribution is -2.54. The summed E-state index contributed by atoms with van der Waals surface area (Å²) in [6.45, 7) is 15.8. The minimum absolute atomic E-state index is 0.231. The molecule has 1 atom stereocenters. The second-order valence-corrected chi connectivity index (χ2v) is 11.2. The van der Waals surface area contributed by atoms with Crippen molar-refractivity contribution in [3.8, 4) is 0 Å². The molecule has 1 aliphatic carbocycles. The zero-order chi connectivity index (χ0) is 22.6. The van der Waals surface area contributed by atoms with Crippen LogP contribution in [0.5, 0.6) is 0 Å². The molecule has 1 saturated carbocycles. The summed E-state index contributed by atoms with van der Waals surface area (Å²) in [5.74, 6) is -0.231. The van der Waals surface area contributed by atoms with Crippen molar-refractivity contribution in [2.75, 3.05) is 0 Å². The van der Waals surface area contributed by atoms with E-state index in [2.05, 4.69) is 27.7 Å². The maximum Gasteiger partial charge on any atom is 0.494 e. The molecule has 1 aliphatic heterocycles. The minimum atomic E-state index is -0.759. The Bertz CT molecular complexity index is 785. The normalized spacial score (nSPS) is 33.3. The molecule has 1 N–H and O–H groups in total. The van der Waals surface area contributed by atoms with Crippen LogP contribution in [0.25, 0.3) is 0 Å². The summed E-state index contributed by atoms with van der Waals surface area (Å²) in [6.07, 6.45) is 2.20. The van der Waals surface area contributed by atoms with Gasteiger partial charge < -0.3 is 19.2 Å². The van der Waals surface area contributed by atoms with E-state index in [-0.39, 0.29) is 23.6 Å². The third-order valence-corrected chi connectivity index (χ3v) is 6.85. The highest BCUT2D eigenvalue weighted by molar-refractivity contribution is 6.62. The number of aliphatic hydroxyl groups is 1. The highest BCUT2D eigenvalue weighted by Gasteiger charge is 2.55. The molecule has 166 valence electrons. The summed E-state index contributed by atoms with van der Waals surface area (Å²) < 4.78 is 18.1. The number of hydrogen-bond acceptors (Lipinski definition) is 5. The molecular formula is C24H37BO5. The third kappa shape index (κ3) is 4.46. The molecule has 1 heterocycles. The van der Waals surface area contributed by atoms with Crippen LogP contribution in [0.15, 0.2) is 24.3 Å². The molecule has 2 aliphatic rings. The largest absolute Gasteiger partial charge is 0.494 e. The van der Waals surface area contributed by atoms with Gasteiger partial charge in [-0.05, 0) is 78.8 Å². The number of benzene rings is 1. The van der Waals surface area contributed by atoms with Crippen LogP contribution in [0.1, 0.15) is 86.6 Å². The van der Waals surface area contributed by atoms with E-state index in [0.717, 1.165) is 17.4 Å². The molecule has 0 radical (unpaired) electrons. The molecule has 0 spiro atoms. The third-order valence-electron chi connectivity index (χ3n) is 6.85. The average molecular weight is 416 g/mol. The molecule has 1 saturated heterocycles. The molecule has 3 rings (SSSR count). The number of rotatable bonds is 5. The fourth-order valence-electron chi connectivity index (χ4n) is 4.92. The van der Waals surface area contributed by atoms with E-state index in [0.29, 0.717) is 12.8 Å². The van der Waals surface area contributed by atoms with Gasteiger partial charge in [0, 0.05) is 5.41 Å². The van der Waals surface area contributed by atoms with Crippen molar-refractivity contribution in [3.63, 3.8) is 0 Å². The van der Waals surface area contributed by atoms with E-state index in [1.54, 1.807) is 0 Å². The molecule has 0 bridgehead atoms. The second-order valence-electron chi connectivity index (χ2n) is 11.2. The van der Waals surface area contributed by atoms with Crippen molar-refractivity contribution in [1.82, 2.24) is 0 Å². The Morgan fingerprint density at radius 2 is 1.67 bits per heavy atom. The molecule has 1 aromatic carbocycles. The van der Waals surface area contributed by atoms with Crippen LogP contribution in [0, 0.1) is 0 Å². The van der Waals surface area contributed by atoms with E-state index < -0.39 is 23.7 Å². The fourth-order valence-corrected chi connectivity index (χ4v) is 4.92. The van der Waals surface area contributed by atoms with Gasteiger partial charge in [-0.15, -0.1) is 0 Å². The van der Waals surface area contributed by atoms with Gasteiger partial charge in [0.05, 0.1) is 23.2 Å². The lowest BCUT2D eigenvalue weighted by atomic mass is 9.55. The molecule has 1 unspecified atom stereocenters.